The fourth-order valence-corrected chi connectivity index (χ4v) is 2.22. The van der Waals surface area contributed by atoms with Gasteiger partial charge in [0.2, 0.25) is 0 Å². The Morgan fingerprint density at radius 1 is 1.56 bits per heavy atom. The van der Waals surface area contributed by atoms with Gasteiger partial charge in [-0.1, -0.05) is 6.07 Å². The van der Waals surface area contributed by atoms with E-state index >= 15 is 0 Å². The van der Waals surface area contributed by atoms with Crippen LogP contribution in [0.2, 0.25) is 0 Å². The maximum absolute atomic E-state index is 13.1. The number of aliphatic carboxylic acids is 1. The summed E-state index contributed by atoms with van der Waals surface area (Å²) in [5, 5.41) is 11.8. The number of benzene rings is 1. The lowest BCUT2D eigenvalue weighted by Crippen LogP contribution is -2.33. The van der Waals surface area contributed by atoms with Crippen LogP contribution in [-0.4, -0.2) is 36.8 Å². The van der Waals surface area contributed by atoms with Crippen molar-refractivity contribution in [2.45, 2.75) is 18.9 Å². The average Bonchev–Trinajstić information content (AvgIpc) is 2.77. The van der Waals surface area contributed by atoms with Gasteiger partial charge in [-0.3, -0.25) is 4.79 Å². The molecule has 5 heteroatoms. The van der Waals surface area contributed by atoms with Crippen LogP contribution >= 0.6 is 0 Å². The molecule has 0 aromatic heterocycles. The van der Waals surface area contributed by atoms with Crippen molar-refractivity contribution in [2.24, 2.45) is 0 Å². The van der Waals surface area contributed by atoms with Crippen LogP contribution in [0.5, 0.6) is 0 Å². The lowest BCUT2D eigenvalue weighted by molar-refractivity contribution is -0.136. The van der Waals surface area contributed by atoms with E-state index < -0.39 is 5.97 Å². The number of nitrogens with one attached hydrogen (secondary N) is 1. The van der Waals surface area contributed by atoms with Gasteiger partial charge in [0.15, 0.2) is 0 Å². The molecule has 1 unspecified atom stereocenters. The predicted octanol–water partition coefficient (Wildman–Crippen LogP) is 1.47. The Bertz CT molecular complexity index is 425. The Balaban J connectivity index is 1.83. The summed E-state index contributed by atoms with van der Waals surface area (Å²) >= 11 is 0. The van der Waals surface area contributed by atoms with E-state index in [0.29, 0.717) is 6.54 Å². The third-order valence-corrected chi connectivity index (χ3v) is 3.13. The molecule has 2 N–H and O–H groups in total. The molecule has 1 fully saturated rings. The van der Waals surface area contributed by atoms with Crippen molar-refractivity contribution < 1.29 is 14.3 Å². The smallest absolute Gasteiger partial charge is 0.304 e. The molecule has 0 saturated carbocycles. The fraction of sp³-hybridized carbons (Fsp3) is 0.462. The standard InChI is InChI=1S/C13H17FN2O2/c14-10-2-1-3-12(8-10)16-7-5-11(9-16)15-6-4-13(17)18/h1-3,8,11,15H,4-7,9H2,(H,17,18). The molecule has 1 atom stereocenters. The van der Waals surface area contributed by atoms with Crippen molar-refractivity contribution in [1.29, 1.82) is 0 Å². The Kier molecular flexibility index (Phi) is 4.15. The Hall–Kier alpha value is -1.62. The van der Waals surface area contributed by atoms with Crippen molar-refractivity contribution in [3.05, 3.63) is 30.1 Å². The van der Waals surface area contributed by atoms with E-state index in [1.807, 2.05) is 6.07 Å². The number of nitrogens with zero attached hydrogens (tertiary/aromatic N) is 1. The van der Waals surface area contributed by atoms with Crippen molar-refractivity contribution >= 4 is 11.7 Å². The zero-order valence-corrected chi connectivity index (χ0v) is 10.1. The van der Waals surface area contributed by atoms with Crippen molar-refractivity contribution in [3.63, 3.8) is 0 Å². The highest BCUT2D eigenvalue weighted by Gasteiger charge is 2.22. The zero-order valence-electron chi connectivity index (χ0n) is 10.1. The maximum atomic E-state index is 13.1. The SMILES string of the molecule is O=C(O)CCNC1CCN(c2cccc(F)c2)C1. The van der Waals surface area contributed by atoms with E-state index in [-0.39, 0.29) is 18.3 Å². The summed E-state index contributed by atoms with van der Waals surface area (Å²) in [6, 6.07) is 6.84. The molecular formula is C13H17FN2O2. The molecule has 1 saturated heterocycles. The van der Waals surface area contributed by atoms with E-state index in [4.69, 9.17) is 5.11 Å². The Labute approximate surface area is 105 Å². The van der Waals surface area contributed by atoms with Crippen LogP contribution in [0.3, 0.4) is 0 Å². The normalized spacial score (nSPS) is 19.2. The molecule has 0 bridgehead atoms. The van der Waals surface area contributed by atoms with Gasteiger partial charge >= 0.3 is 5.97 Å². The van der Waals surface area contributed by atoms with Crippen molar-refractivity contribution in [2.75, 3.05) is 24.5 Å². The van der Waals surface area contributed by atoms with Gasteiger partial charge in [-0.15, -0.1) is 0 Å². The van der Waals surface area contributed by atoms with Crippen LogP contribution in [0.4, 0.5) is 10.1 Å². The maximum Gasteiger partial charge on any atom is 0.304 e. The van der Waals surface area contributed by atoms with Crippen LogP contribution in [0.15, 0.2) is 24.3 Å². The third-order valence-electron chi connectivity index (χ3n) is 3.13. The monoisotopic (exact) mass is 252 g/mol. The summed E-state index contributed by atoms with van der Waals surface area (Å²) in [4.78, 5) is 12.5. The summed E-state index contributed by atoms with van der Waals surface area (Å²) in [7, 11) is 0. The van der Waals surface area contributed by atoms with E-state index in [9.17, 15) is 9.18 Å². The minimum atomic E-state index is -0.789. The van der Waals surface area contributed by atoms with E-state index in [2.05, 4.69) is 10.2 Å². The first-order valence-electron chi connectivity index (χ1n) is 6.11. The first-order chi connectivity index (χ1) is 8.65. The molecule has 0 amide bonds. The average molecular weight is 252 g/mol. The zero-order chi connectivity index (χ0) is 13.0. The van der Waals surface area contributed by atoms with Crippen LogP contribution in [0.1, 0.15) is 12.8 Å². The van der Waals surface area contributed by atoms with Crippen LogP contribution < -0.4 is 10.2 Å². The second-order valence-corrected chi connectivity index (χ2v) is 4.51. The molecule has 0 aliphatic carbocycles. The molecule has 0 radical (unpaired) electrons. The van der Waals surface area contributed by atoms with E-state index in [1.165, 1.54) is 12.1 Å². The molecule has 98 valence electrons. The second-order valence-electron chi connectivity index (χ2n) is 4.51. The van der Waals surface area contributed by atoms with Gasteiger partial charge in [-0.05, 0) is 24.6 Å². The highest BCUT2D eigenvalue weighted by Crippen LogP contribution is 2.20. The van der Waals surface area contributed by atoms with E-state index in [0.717, 1.165) is 25.2 Å². The molecule has 18 heavy (non-hydrogen) atoms. The lowest BCUT2D eigenvalue weighted by Gasteiger charge is -2.19. The number of anilines is 1. The van der Waals surface area contributed by atoms with Gasteiger partial charge in [-0.25, -0.2) is 4.39 Å². The summed E-state index contributed by atoms with van der Waals surface area (Å²) in [6.45, 7) is 2.15. The van der Waals surface area contributed by atoms with Crippen molar-refractivity contribution in [1.82, 2.24) is 5.32 Å². The summed E-state index contributed by atoms with van der Waals surface area (Å²) < 4.78 is 13.1. The molecule has 1 aromatic rings. The lowest BCUT2D eigenvalue weighted by atomic mass is 10.2. The highest BCUT2D eigenvalue weighted by molar-refractivity contribution is 5.66. The third kappa shape index (κ3) is 3.43. The number of carbonyl (C=O) groups is 1. The Morgan fingerprint density at radius 2 is 2.39 bits per heavy atom. The fourth-order valence-electron chi connectivity index (χ4n) is 2.22. The number of halogens is 1. The Morgan fingerprint density at radius 3 is 3.11 bits per heavy atom. The molecule has 4 nitrogen and oxygen atoms in total. The molecular weight excluding hydrogens is 235 g/mol. The molecule has 1 aliphatic heterocycles. The minimum Gasteiger partial charge on any atom is -0.481 e. The number of rotatable bonds is 5. The quantitative estimate of drug-likeness (QED) is 0.833. The van der Waals surface area contributed by atoms with E-state index in [1.54, 1.807) is 6.07 Å². The molecule has 0 spiro atoms. The molecule has 1 aliphatic rings. The second kappa shape index (κ2) is 5.82. The number of carboxylic acids is 1. The van der Waals surface area contributed by atoms with Crippen LogP contribution in [0.25, 0.3) is 0 Å². The minimum absolute atomic E-state index is 0.135. The largest absolute Gasteiger partial charge is 0.481 e. The highest BCUT2D eigenvalue weighted by atomic mass is 19.1. The van der Waals surface area contributed by atoms with Gasteiger partial charge in [0.25, 0.3) is 0 Å². The van der Waals surface area contributed by atoms with Crippen LogP contribution in [0, 0.1) is 5.82 Å². The summed E-state index contributed by atoms with van der Waals surface area (Å²) in [6.07, 6.45) is 1.09. The predicted molar refractivity (Wildman–Crippen MR) is 67.3 cm³/mol. The number of hydrogen-bond acceptors (Lipinski definition) is 3. The van der Waals surface area contributed by atoms with Gasteiger partial charge in [0.1, 0.15) is 5.82 Å². The van der Waals surface area contributed by atoms with Gasteiger partial charge < -0.3 is 15.3 Å². The number of hydrogen-bond donors (Lipinski definition) is 2. The topological polar surface area (TPSA) is 52.6 Å². The molecule has 1 heterocycles. The van der Waals surface area contributed by atoms with Gasteiger partial charge in [0.05, 0.1) is 6.42 Å². The van der Waals surface area contributed by atoms with Crippen molar-refractivity contribution in [3.8, 4) is 0 Å². The van der Waals surface area contributed by atoms with Gasteiger partial charge in [0, 0.05) is 31.4 Å². The van der Waals surface area contributed by atoms with Crippen LogP contribution in [-0.2, 0) is 4.79 Å². The molecule has 2 rings (SSSR count). The summed E-state index contributed by atoms with van der Waals surface area (Å²) in [5.41, 5.74) is 0.887. The summed E-state index contributed by atoms with van der Waals surface area (Å²) in [5.74, 6) is -1.02. The van der Waals surface area contributed by atoms with Gasteiger partial charge in [-0.2, -0.15) is 0 Å². The number of carboxylic acid groups (broad SMARTS) is 1. The first-order valence-corrected chi connectivity index (χ1v) is 6.11. The molecule has 1 aromatic carbocycles. The first kappa shape index (κ1) is 12.8.